The molecule has 1 heterocycles. The van der Waals surface area contributed by atoms with Crippen LogP contribution in [0.4, 0.5) is 0 Å². The van der Waals surface area contributed by atoms with Gasteiger partial charge >= 0.3 is 0 Å². The van der Waals surface area contributed by atoms with E-state index in [1.54, 1.807) is 7.05 Å². The molecule has 2 N–H and O–H groups in total. The van der Waals surface area contributed by atoms with Crippen LogP contribution in [0.2, 0.25) is 5.02 Å². The lowest BCUT2D eigenvalue weighted by atomic mass is 10.2. The third-order valence-corrected chi connectivity index (χ3v) is 3.25. The summed E-state index contributed by atoms with van der Waals surface area (Å²) in [5.74, 6) is 2.11. The number of hydrogen-bond donors (Lipinski definition) is 2. The second-order valence-corrected chi connectivity index (χ2v) is 5.59. The molecule has 0 aliphatic carbocycles. The summed E-state index contributed by atoms with van der Waals surface area (Å²) >= 11 is 6.27. The van der Waals surface area contributed by atoms with E-state index in [1.807, 2.05) is 12.1 Å². The summed E-state index contributed by atoms with van der Waals surface area (Å²) in [4.78, 5) is 4.17. The molecule has 0 saturated heterocycles. The van der Waals surface area contributed by atoms with E-state index in [2.05, 4.69) is 29.5 Å². The molecule has 0 spiro atoms. The van der Waals surface area contributed by atoms with Crippen molar-refractivity contribution in [3.05, 3.63) is 22.7 Å². The molecule has 0 bridgehead atoms. The first kappa shape index (κ1) is 15.8. The Labute approximate surface area is 130 Å². The first-order chi connectivity index (χ1) is 10.1. The van der Waals surface area contributed by atoms with Crippen molar-refractivity contribution < 1.29 is 9.47 Å². The Morgan fingerprint density at radius 3 is 2.81 bits per heavy atom. The van der Waals surface area contributed by atoms with E-state index < -0.39 is 0 Å². The second kappa shape index (κ2) is 7.41. The van der Waals surface area contributed by atoms with Crippen molar-refractivity contribution in [2.75, 3.05) is 20.3 Å². The molecule has 21 heavy (non-hydrogen) atoms. The van der Waals surface area contributed by atoms with Gasteiger partial charge in [-0.2, -0.15) is 0 Å². The van der Waals surface area contributed by atoms with E-state index in [0.717, 1.165) is 17.9 Å². The van der Waals surface area contributed by atoms with Crippen LogP contribution in [-0.4, -0.2) is 32.3 Å². The lowest BCUT2D eigenvalue weighted by molar-refractivity contribution is 0.297. The van der Waals surface area contributed by atoms with E-state index in [4.69, 9.17) is 21.1 Å². The van der Waals surface area contributed by atoms with Gasteiger partial charge in [0.05, 0.1) is 18.2 Å². The molecule has 5 nitrogen and oxygen atoms in total. The SMILES string of the molecule is CN=C(NCc1cc(Cl)c2c(c1)OCCCO2)NC(C)C. The quantitative estimate of drug-likeness (QED) is 0.665. The molecule has 1 aromatic carbocycles. The Bertz CT molecular complexity index is 518. The summed E-state index contributed by atoms with van der Waals surface area (Å²) in [5, 5.41) is 7.07. The predicted octanol–water partition coefficient (Wildman–Crippen LogP) is 2.57. The molecule has 0 fully saturated rings. The van der Waals surface area contributed by atoms with Crippen molar-refractivity contribution in [1.29, 1.82) is 0 Å². The van der Waals surface area contributed by atoms with Gasteiger partial charge in [-0.05, 0) is 31.5 Å². The monoisotopic (exact) mass is 311 g/mol. The van der Waals surface area contributed by atoms with Crippen molar-refractivity contribution in [3.63, 3.8) is 0 Å². The largest absolute Gasteiger partial charge is 0.489 e. The average Bonchev–Trinajstić information content (AvgIpc) is 2.68. The van der Waals surface area contributed by atoms with Crippen LogP contribution in [0.1, 0.15) is 25.8 Å². The maximum atomic E-state index is 6.27. The smallest absolute Gasteiger partial charge is 0.191 e. The number of rotatable bonds is 3. The van der Waals surface area contributed by atoms with Crippen LogP contribution < -0.4 is 20.1 Å². The van der Waals surface area contributed by atoms with Crippen molar-refractivity contribution in [3.8, 4) is 11.5 Å². The minimum atomic E-state index is 0.323. The van der Waals surface area contributed by atoms with E-state index >= 15 is 0 Å². The van der Waals surface area contributed by atoms with Crippen LogP contribution in [0.5, 0.6) is 11.5 Å². The zero-order valence-electron chi connectivity index (χ0n) is 12.7. The zero-order valence-corrected chi connectivity index (χ0v) is 13.5. The first-order valence-corrected chi connectivity index (χ1v) is 7.53. The lowest BCUT2D eigenvalue weighted by Crippen LogP contribution is -2.40. The van der Waals surface area contributed by atoms with E-state index in [0.29, 0.717) is 42.3 Å². The molecule has 2 rings (SSSR count). The molecule has 1 aliphatic rings. The van der Waals surface area contributed by atoms with Gasteiger partial charge in [-0.25, -0.2) is 0 Å². The third-order valence-electron chi connectivity index (χ3n) is 2.97. The molecule has 1 aromatic rings. The standard InChI is InChI=1S/C15H22ClN3O2/c1-10(2)19-15(17-3)18-9-11-7-12(16)14-13(8-11)20-5-4-6-21-14/h7-8,10H,4-6,9H2,1-3H3,(H2,17,18,19). The topological polar surface area (TPSA) is 54.9 Å². The summed E-state index contributed by atoms with van der Waals surface area (Å²) < 4.78 is 11.3. The van der Waals surface area contributed by atoms with Crippen molar-refractivity contribution in [1.82, 2.24) is 10.6 Å². The van der Waals surface area contributed by atoms with Crippen LogP contribution in [0.15, 0.2) is 17.1 Å². The van der Waals surface area contributed by atoms with Gasteiger partial charge in [0.25, 0.3) is 0 Å². The third kappa shape index (κ3) is 4.43. The number of benzene rings is 1. The fourth-order valence-corrected chi connectivity index (χ4v) is 2.33. The van der Waals surface area contributed by atoms with Crippen molar-refractivity contribution in [2.45, 2.75) is 32.9 Å². The molecule has 0 atom stereocenters. The maximum absolute atomic E-state index is 6.27. The van der Waals surface area contributed by atoms with Crippen molar-refractivity contribution in [2.24, 2.45) is 4.99 Å². The highest BCUT2D eigenvalue weighted by atomic mass is 35.5. The minimum absolute atomic E-state index is 0.323. The highest BCUT2D eigenvalue weighted by Gasteiger charge is 2.15. The number of aliphatic imine (C=N–C) groups is 1. The van der Waals surface area contributed by atoms with Gasteiger partial charge in [0, 0.05) is 26.1 Å². The maximum Gasteiger partial charge on any atom is 0.191 e. The van der Waals surface area contributed by atoms with E-state index in [-0.39, 0.29) is 0 Å². The number of guanidine groups is 1. The van der Waals surface area contributed by atoms with Gasteiger partial charge in [-0.15, -0.1) is 0 Å². The van der Waals surface area contributed by atoms with E-state index in [9.17, 15) is 0 Å². The molecular weight excluding hydrogens is 290 g/mol. The van der Waals surface area contributed by atoms with Gasteiger partial charge in [0.2, 0.25) is 0 Å². The van der Waals surface area contributed by atoms with E-state index in [1.165, 1.54) is 0 Å². The molecule has 0 unspecified atom stereocenters. The van der Waals surface area contributed by atoms with Crippen LogP contribution in [-0.2, 0) is 6.54 Å². The van der Waals surface area contributed by atoms with Gasteiger partial charge in [-0.3, -0.25) is 4.99 Å². The summed E-state index contributed by atoms with van der Waals surface area (Å²) in [5.41, 5.74) is 1.02. The average molecular weight is 312 g/mol. The minimum Gasteiger partial charge on any atom is -0.489 e. The highest BCUT2D eigenvalue weighted by molar-refractivity contribution is 6.32. The fourth-order valence-electron chi connectivity index (χ4n) is 2.04. The van der Waals surface area contributed by atoms with Gasteiger partial charge in [-0.1, -0.05) is 11.6 Å². The molecule has 6 heteroatoms. The van der Waals surface area contributed by atoms with Crippen molar-refractivity contribution >= 4 is 17.6 Å². The molecule has 0 saturated carbocycles. The summed E-state index contributed by atoms with van der Waals surface area (Å²) in [6.07, 6.45) is 0.865. The normalized spacial score (nSPS) is 14.8. The number of ether oxygens (including phenoxy) is 2. The van der Waals surface area contributed by atoms with Crippen LogP contribution in [0.25, 0.3) is 0 Å². The number of nitrogens with one attached hydrogen (secondary N) is 2. The first-order valence-electron chi connectivity index (χ1n) is 7.15. The van der Waals surface area contributed by atoms with Gasteiger partial charge in [0.1, 0.15) is 0 Å². The number of hydrogen-bond acceptors (Lipinski definition) is 3. The molecular formula is C15H22ClN3O2. The van der Waals surface area contributed by atoms with Crippen LogP contribution in [0.3, 0.4) is 0 Å². The summed E-state index contributed by atoms with van der Waals surface area (Å²) in [7, 11) is 1.75. The molecule has 0 aromatic heterocycles. The summed E-state index contributed by atoms with van der Waals surface area (Å²) in [6.45, 7) is 6.03. The number of halogens is 1. The molecule has 116 valence electrons. The Hall–Kier alpha value is -1.62. The number of nitrogens with zero attached hydrogens (tertiary/aromatic N) is 1. The number of fused-ring (bicyclic) bond motifs is 1. The highest BCUT2D eigenvalue weighted by Crippen LogP contribution is 2.37. The Balaban J connectivity index is 2.07. The second-order valence-electron chi connectivity index (χ2n) is 5.18. The lowest BCUT2D eigenvalue weighted by Gasteiger charge is -2.16. The Morgan fingerprint density at radius 2 is 2.10 bits per heavy atom. The zero-order chi connectivity index (χ0) is 15.2. The Kier molecular flexibility index (Phi) is 5.56. The van der Waals surface area contributed by atoms with Crippen LogP contribution in [0, 0.1) is 0 Å². The Morgan fingerprint density at radius 1 is 1.33 bits per heavy atom. The molecule has 0 radical (unpaired) electrons. The molecule has 1 aliphatic heterocycles. The molecule has 0 amide bonds. The van der Waals surface area contributed by atoms with Gasteiger partial charge in [0.15, 0.2) is 17.5 Å². The van der Waals surface area contributed by atoms with Crippen LogP contribution >= 0.6 is 11.6 Å². The summed E-state index contributed by atoms with van der Waals surface area (Å²) in [6, 6.07) is 4.18. The van der Waals surface area contributed by atoms with Gasteiger partial charge < -0.3 is 20.1 Å². The fraction of sp³-hybridized carbons (Fsp3) is 0.533. The predicted molar refractivity (Wildman–Crippen MR) is 85.5 cm³/mol.